The van der Waals surface area contributed by atoms with Gasteiger partial charge in [0.2, 0.25) is 0 Å². The zero-order valence-corrected chi connectivity index (χ0v) is 14.0. The van der Waals surface area contributed by atoms with E-state index in [1.165, 1.54) is 24.3 Å². The maximum atomic E-state index is 11.6. The van der Waals surface area contributed by atoms with Gasteiger partial charge in [-0.05, 0) is 41.8 Å². The van der Waals surface area contributed by atoms with Crippen molar-refractivity contribution >= 4 is 19.7 Å². The quantitative estimate of drug-likeness (QED) is 0.804. The molecule has 4 nitrogen and oxygen atoms in total. The van der Waals surface area contributed by atoms with E-state index in [1.54, 1.807) is 24.3 Å². The maximum absolute atomic E-state index is 11.6. The van der Waals surface area contributed by atoms with Gasteiger partial charge in [0.15, 0.2) is 19.7 Å². The number of sulfone groups is 2. The summed E-state index contributed by atoms with van der Waals surface area (Å²) in [4.78, 5) is 0.396. The van der Waals surface area contributed by atoms with Crippen LogP contribution in [0.25, 0.3) is 0 Å². The molecule has 0 aliphatic carbocycles. The van der Waals surface area contributed by atoms with Gasteiger partial charge in [-0.25, -0.2) is 16.8 Å². The molecule has 0 spiro atoms. The Morgan fingerprint density at radius 3 is 1.22 bits per heavy atom. The second kappa shape index (κ2) is 6.52. The molecular formula is C17H16O4S2. The molecule has 0 heterocycles. The van der Waals surface area contributed by atoms with Crippen molar-refractivity contribution in [2.75, 3.05) is 0 Å². The van der Waals surface area contributed by atoms with Gasteiger partial charge in [0.05, 0.1) is 9.79 Å². The molecule has 0 fully saturated rings. The summed E-state index contributed by atoms with van der Waals surface area (Å²) in [6, 6.07) is 13.0. The highest BCUT2D eigenvalue weighted by molar-refractivity contribution is 7.94. The Morgan fingerprint density at radius 2 is 0.957 bits per heavy atom. The molecule has 0 aliphatic rings. The van der Waals surface area contributed by atoms with Gasteiger partial charge in [-0.15, -0.1) is 0 Å². The van der Waals surface area contributed by atoms with E-state index in [1.807, 2.05) is 0 Å². The Labute approximate surface area is 136 Å². The topological polar surface area (TPSA) is 68.3 Å². The Morgan fingerprint density at radius 1 is 0.652 bits per heavy atom. The van der Waals surface area contributed by atoms with Crippen LogP contribution in [0.15, 0.2) is 82.3 Å². The van der Waals surface area contributed by atoms with Gasteiger partial charge in [0.1, 0.15) is 0 Å². The van der Waals surface area contributed by atoms with E-state index in [0.717, 1.165) is 21.9 Å². The van der Waals surface area contributed by atoms with Gasteiger partial charge in [-0.2, -0.15) is 0 Å². The zero-order chi connectivity index (χ0) is 17.1. The van der Waals surface area contributed by atoms with Crippen molar-refractivity contribution in [3.63, 3.8) is 0 Å². The lowest BCUT2D eigenvalue weighted by molar-refractivity contribution is 0.603. The van der Waals surface area contributed by atoms with Crippen LogP contribution in [0.2, 0.25) is 0 Å². The van der Waals surface area contributed by atoms with Crippen LogP contribution in [0.4, 0.5) is 0 Å². The molecule has 0 amide bonds. The van der Waals surface area contributed by atoms with Crippen LogP contribution in [0, 0.1) is 0 Å². The van der Waals surface area contributed by atoms with E-state index >= 15 is 0 Å². The Balaban J connectivity index is 2.20. The van der Waals surface area contributed by atoms with Crippen molar-refractivity contribution < 1.29 is 16.8 Å². The number of hydrogen-bond acceptors (Lipinski definition) is 4. The maximum Gasteiger partial charge on any atom is 0.199 e. The van der Waals surface area contributed by atoms with Crippen molar-refractivity contribution in [2.24, 2.45) is 0 Å². The highest BCUT2D eigenvalue weighted by atomic mass is 32.2. The van der Waals surface area contributed by atoms with Crippen LogP contribution in [-0.2, 0) is 26.1 Å². The first-order valence-corrected chi connectivity index (χ1v) is 9.81. The molecule has 0 bridgehead atoms. The molecule has 2 aromatic carbocycles. The van der Waals surface area contributed by atoms with Gasteiger partial charge >= 0.3 is 0 Å². The van der Waals surface area contributed by atoms with Gasteiger partial charge in [-0.1, -0.05) is 37.4 Å². The van der Waals surface area contributed by atoms with Crippen molar-refractivity contribution in [2.45, 2.75) is 16.2 Å². The number of hydrogen-bond donors (Lipinski definition) is 0. The molecule has 0 saturated carbocycles. The lowest BCUT2D eigenvalue weighted by Crippen LogP contribution is -1.97. The summed E-state index contributed by atoms with van der Waals surface area (Å²) < 4.78 is 46.6. The summed E-state index contributed by atoms with van der Waals surface area (Å²) in [7, 11) is -6.85. The van der Waals surface area contributed by atoms with E-state index in [4.69, 9.17) is 0 Å². The normalized spacial score (nSPS) is 11.8. The average Bonchev–Trinajstić information content (AvgIpc) is 2.56. The van der Waals surface area contributed by atoms with Crippen LogP contribution in [-0.4, -0.2) is 16.8 Å². The monoisotopic (exact) mass is 348 g/mol. The molecule has 0 unspecified atom stereocenters. The molecule has 23 heavy (non-hydrogen) atoms. The first-order chi connectivity index (χ1) is 10.8. The lowest BCUT2D eigenvalue weighted by atomic mass is 10.1. The van der Waals surface area contributed by atoms with Crippen LogP contribution < -0.4 is 0 Å². The van der Waals surface area contributed by atoms with E-state index in [-0.39, 0.29) is 9.79 Å². The molecular weight excluding hydrogens is 332 g/mol. The third-order valence-corrected chi connectivity index (χ3v) is 6.09. The van der Waals surface area contributed by atoms with Crippen molar-refractivity contribution in [1.29, 1.82) is 0 Å². The third-order valence-electron chi connectivity index (χ3n) is 3.35. The van der Waals surface area contributed by atoms with Gasteiger partial charge in [0.25, 0.3) is 0 Å². The first-order valence-electron chi connectivity index (χ1n) is 6.71. The fourth-order valence-electron chi connectivity index (χ4n) is 2.02. The summed E-state index contributed by atoms with van der Waals surface area (Å²) in [5, 5.41) is 1.83. The molecule has 0 aromatic heterocycles. The van der Waals surface area contributed by atoms with E-state index in [9.17, 15) is 16.8 Å². The highest BCUT2D eigenvalue weighted by Gasteiger charge is 2.10. The Bertz CT molecular complexity index is 842. The van der Waals surface area contributed by atoms with Gasteiger partial charge in [0, 0.05) is 10.8 Å². The zero-order valence-electron chi connectivity index (χ0n) is 12.3. The second-order valence-corrected chi connectivity index (χ2v) is 8.68. The van der Waals surface area contributed by atoms with Crippen LogP contribution in [0.1, 0.15) is 11.1 Å². The molecule has 0 radical (unpaired) electrons. The van der Waals surface area contributed by atoms with Crippen LogP contribution >= 0.6 is 0 Å². The number of benzene rings is 2. The minimum Gasteiger partial charge on any atom is -0.219 e. The molecule has 0 aliphatic heterocycles. The molecule has 120 valence electrons. The minimum atomic E-state index is -3.42. The molecule has 2 aromatic rings. The fraction of sp³-hybridized carbons (Fsp3) is 0.0588. The van der Waals surface area contributed by atoms with Gasteiger partial charge < -0.3 is 0 Å². The summed E-state index contributed by atoms with van der Waals surface area (Å²) in [5.41, 5.74) is 1.85. The first kappa shape index (κ1) is 17.2. The summed E-state index contributed by atoms with van der Waals surface area (Å²) in [6.45, 7) is 6.58. The van der Waals surface area contributed by atoms with Gasteiger partial charge in [-0.3, -0.25) is 0 Å². The predicted molar refractivity (Wildman–Crippen MR) is 90.5 cm³/mol. The van der Waals surface area contributed by atoms with Crippen molar-refractivity contribution in [3.05, 3.63) is 83.6 Å². The molecule has 6 heteroatoms. The van der Waals surface area contributed by atoms with E-state index in [2.05, 4.69) is 13.2 Å². The summed E-state index contributed by atoms with van der Waals surface area (Å²) in [6.07, 6.45) is 0.572. The summed E-state index contributed by atoms with van der Waals surface area (Å²) >= 11 is 0. The SMILES string of the molecule is C=CS(=O)(=O)c1ccc(Cc2ccc(S(=O)(=O)C=C)cc2)cc1. The predicted octanol–water partition coefficient (Wildman–Crippen LogP) is 3.11. The molecule has 0 atom stereocenters. The van der Waals surface area contributed by atoms with Crippen LogP contribution in [0.5, 0.6) is 0 Å². The lowest BCUT2D eigenvalue weighted by Gasteiger charge is -2.05. The van der Waals surface area contributed by atoms with Crippen LogP contribution in [0.3, 0.4) is 0 Å². The Hall–Kier alpha value is -2.18. The largest absolute Gasteiger partial charge is 0.219 e. The van der Waals surface area contributed by atoms with Crippen molar-refractivity contribution in [3.8, 4) is 0 Å². The average molecular weight is 348 g/mol. The number of rotatable bonds is 6. The summed E-state index contributed by atoms with van der Waals surface area (Å²) in [5.74, 6) is 0. The fourth-order valence-corrected chi connectivity index (χ4v) is 3.44. The van der Waals surface area contributed by atoms with E-state index in [0.29, 0.717) is 6.42 Å². The molecule has 0 saturated heterocycles. The second-order valence-electron chi connectivity index (χ2n) is 4.89. The molecule has 2 rings (SSSR count). The van der Waals surface area contributed by atoms with Crippen molar-refractivity contribution in [1.82, 2.24) is 0 Å². The molecule has 0 N–H and O–H groups in total. The smallest absolute Gasteiger partial charge is 0.199 e. The highest BCUT2D eigenvalue weighted by Crippen LogP contribution is 2.18. The Kier molecular flexibility index (Phi) is 4.87. The van der Waals surface area contributed by atoms with E-state index < -0.39 is 19.7 Å². The minimum absolute atomic E-state index is 0.198. The standard InChI is InChI=1S/C17H16O4S2/c1-3-22(18,19)16-9-5-14(6-10-16)13-15-7-11-17(12-8-15)23(20,21)4-2/h3-12H,1-2,13H2. The third kappa shape index (κ3) is 3.97.